The monoisotopic (exact) mass is 418 g/mol. The fourth-order valence-electron chi connectivity index (χ4n) is 3.60. The van der Waals surface area contributed by atoms with Crippen LogP contribution in [0.15, 0.2) is 36.5 Å². The number of hydrogen-bond donors (Lipinski definition) is 1. The molecule has 0 spiro atoms. The SMILES string of the molecule is CCCCCCCC=CCC=CCC=CCCCCCCCCCCCCC(=O)O. The zero-order chi connectivity index (χ0) is 22.0. The smallest absolute Gasteiger partial charge is 0.303 e. The van der Waals surface area contributed by atoms with E-state index in [0.29, 0.717) is 6.42 Å². The van der Waals surface area contributed by atoms with Crippen LogP contribution in [0.5, 0.6) is 0 Å². The lowest BCUT2D eigenvalue weighted by atomic mass is 10.1. The standard InChI is InChI=1S/C28H50O2/c1-2-3-4-5-6-7-8-9-10-11-12-13-14-15-16-17-18-19-20-21-22-23-24-25-26-27-28(29)30/h8-9,11-12,14-15H,2-7,10,13,16-27H2,1H3,(H,29,30). The van der Waals surface area contributed by atoms with Crippen LogP contribution in [0.4, 0.5) is 0 Å². The average Bonchev–Trinajstić information content (AvgIpc) is 2.73. The Bertz CT molecular complexity index is 434. The largest absolute Gasteiger partial charge is 0.481 e. The maximum absolute atomic E-state index is 10.4. The van der Waals surface area contributed by atoms with Crippen LogP contribution in [0.3, 0.4) is 0 Å². The van der Waals surface area contributed by atoms with E-state index < -0.39 is 5.97 Å². The van der Waals surface area contributed by atoms with Crippen molar-refractivity contribution in [2.75, 3.05) is 0 Å². The first kappa shape index (κ1) is 28.7. The molecule has 0 atom stereocenters. The summed E-state index contributed by atoms with van der Waals surface area (Å²) in [7, 11) is 0. The van der Waals surface area contributed by atoms with Crippen molar-refractivity contribution in [2.45, 2.75) is 135 Å². The van der Waals surface area contributed by atoms with Gasteiger partial charge in [0.2, 0.25) is 0 Å². The Morgan fingerprint density at radius 1 is 0.533 bits per heavy atom. The van der Waals surface area contributed by atoms with Gasteiger partial charge in [0.1, 0.15) is 0 Å². The van der Waals surface area contributed by atoms with Crippen LogP contribution in [0.2, 0.25) is 0 Å². The van der Waals surface area contributed by atoms with Crippen LogP contribution in [-0.2, 0) is 4.79 Å². The lowest BCUT2D eigenvalue weighted by Crippen LogP contribution is -1.93. The molecule has 0 bridgehead atoms. The van der Waals surface area contributed by atoms with Gasteiger partial charge in [-0.2, -0.15) is 0 Å². The zero-order valence-electron chi connectivity index (χ0n) is 20.0. The third kappa shape index (κ3) is 26.7. The molecule has 1 N–H and O–H groups in total. The molecule has 0 radical (unpaired) electrons. The summed E-state index contributed by atoms with van der Waals surface area (Å²) in [6, 6.07) is 0. The summed E-state index contributed by atoms with van der Waals surface area (Å²) in [5.74, 6) is -0.659. The molecule has 0 saturated heterocycles. The molecule has 0 aromatic rings. The highest BCUT2D eigenvalue weighted by atomic mass is 16.4. The predicted octanol–water partition coefficient (Wildman–Crippen LogP) is 9.56. The molecular formula is C28H50O2. The number of carboxylic acids is 1. The molecule has 0 unspecified atom stereocenters. The van der Waals surface area contributed by atoms with Crippen LogP contribution >= 0.6 is 0 Å². The third-order valence-electron chi connectivity index (χ3n) is 5.53. The molecule has 0 fully saturated rings. The van der Waals surface area contributed by atoms with Gasteiger partial charge in [-0.15, -0.1) is 0 Å². The van der Waals surface area contributed by atoms with Crippen molar-refractivity contribution in [3.63, 3.8) is 0 Å². The first-order valence-corrected chi connectivity index (χ1v) is 12.9. The molecule has 0 aromatic heterocycles. The molecule has 0 rings (SSSR count). The van der Waals surface area contributed by atoms with Crippen LogP contribution in [0.1, 0.15) is 135 Å². The molecule has 0 aromatic carbocycles. The number of hydrogen-bond acceptors (Lipinski definition) is 1. The molecule has 0 saturated carbocycles. The summed E-state index contributed by atoms with van der Waals surface area (Å²) in [5.41, 5.74) is 0. The van der Waals surface area contributed by atoms with E-state index in [2.05, 4.69) is 43.4 Å². The fraction of sp³-hybridized carbons (Fsp3) is 0.750. The lowest BCUT2D eigenvalue weighted by molar-refractivity contribution is -0.137. The van der Waals surface area contributed by atoms with Gasteiger partial charge in [0.25, 0.3) is 0 Å². The minimum atomic E-state index is -0.659. The number of carboxylic acid groups (broad SMARTS) is 1. The summed E-state index contributed by atoms with van der Waals surface area (Å²) in [6.07, 6.45) is 38.1. The van der Waals surface area contributed by atoms with Crippen molar-refractivity contribution >= 4 is 5.97 Å². The van der Waals surface area contributed by atoms with E-state index >= 15 is 0 Å². The Hall–Kier alpha value is -1.31. The summed E-state index contributed by atoms with van der Waals surface area (Å²) < 4.78 is 0. The molecule has 0 aliphatic carbocycles. The van der Waals surface area contributed by atoms with E-state index in [9.17, 15) is 4.79 Å². The molecule has 0 heterocycles. The van der Waals surface area contributed by atoms with Crippen molar-refractivity contribution in [1.29, 1.82) is 0 Å². The first-order valence-electron chi connectivity index (χ1n) is 12.9. The second-order valence-corrected chi connectivity index (χ2v) is 8.56. The summed E-state index contributed by atoms with van der Waals surface area (Å²) in [5, 5.41) is 8.59. The second-order valence-electron chi connectivity index (χ2n) is 8.56. The maximum Gasteiger partial charge on any atom is 0.303 e. The Morgan fingerprint density at radius 3 is 1.33 bits per heavy atom. The Labute approximate surface area is 187 Å². The van der Waals surface area contributed by atoms with Crippen molar-refractivity contribution in [2.24, 2.45) is 0 Å². The molecule has 0 aliphatic heterocycles. The summed E-state index contributed by atoms with van der Waals surface area (Å²) in [6.45, 7) is 2.27. The van der Waals surface area contributed by atoms with Gasteiger partial charge in [0, 0.05) is 6.42 Å². The summed E-state index contributed by atoms with van der Waals surface area (Å²) in [4.78, 5) is 10.4. The van der Waals surface area contributed by atoms with Gasteiger partial charge in [-0.05, 0) is 44.9 Å². The van der Waals surface area contributed by atoms with Crippen molar-refractivity contribution in [3.05, 3.63) is 36.5 Å². The topological polar surface area (TPSA) is 37.3 Å². The van der Waals surface area contributed by atoms with E-state index in [1.807, 2.05) is 0 Å². The predicted molar refractivity (Wildman–Crippen MR) is 133 cm³/mol. The minimum Gasteiger partial charge on any atom is -0.481 e. The van der Waals surface area contributed by atoms with E-state index in [1.54, 1.807) is 0 Å². The Kier molecular flexibility index (Phi) is 24.6. The number of unbranched alkanes of at least 4 members (excludes halogenated alkanes) is 15. The first-order chi connectivity index (χ1) is 14.8. The molecule has 0 amide bonds. The normalized spacial score (nSPS) is 12.0. The van der Waals surface area contributed by atoms with Crippen LogP contribution in [0, 0.1) is 0 Å². The maximum atomic E-state index is 10.4. The van der Waals surface area contributed by atoms with E-state index in [4.69, 9.17) is 5.11 Å². The Morgan fingerprint density at radius 2 is 0.900 bits per heavy atom. The molecule has 30 heavy (non-hydrogen) atoms. The highest BCUT2D eigenvalue weighted by Crippen LogP contribution is 2.12. The van der Waals surface area contributed by atoms with Gasteiger partial charge in [0.05, 0.1) is 0 Å². The van der Waals surface area contributed by atoms with E-state index in [0.717, 1.165) is 25.7 Å². The van der Waals surface area contributed by atoms with Gasteiger partial charge in [-0.3, -0.25) is 4.79 Å². The Balaban J connectivity index is 3.23. The highest BCUT2D eigenvalue weighted by Gasteiger charge is 1.96. The van der Waals surface area contributed by atoms with Crippen molar-refractivity contribution in [3.8, 4) is 0 Å². The van der Waals surface area contributed by atoms with Gasteiger partial charge in [-0.25, -0.2) is 0 Å². The fourth-order valence-corrected chi connectivity index (χ4v) is 3.60. The average molecular weight is 419 g/mol. The van der Waals surface area contributed by atoms with Crippen LogP contribution in [-0.4, -0.2) is 11.1 Å². The highest BCUT2D eigenvalue weighted by molar-refractivity contribution is 5.66. The second kappa shape index (κ2) is 25.7. The van der Waals surface area contributed by atoms with Crippen molar-refractivity contribution in [1.82, 2.24) is 0 Å². The molecular weight excluding hydrogens is 368 g/mol. The number of rotatable bonds is 23. The molecule has 174 valence electrons. The van der Waals surface area contributed by atoms with Gasteiger partial charge >= 0.3 is 5.97 Å². The number of allylic oxidation sites excluding steroid dienone is 6. The minimum absolute atomic E-state index is 0.335. The zero-order valence-corrected chi connectivity index (χ0v) is 20.0. The van der Waals surface area contributed by atoms with Gasteiger partial charge < -0.3 is 5.11 Å². The summed E-state index contributed by atoms with van der Waals surface area (Å²) >= 11 is 0. The van der Waals surface area contributed by atoms with Gasteiger partial charge in [-0.1, -0.05) is 120 Å². The number of aliphatic carboxylic acids is 1. The van der Waals surface area contributed by atoms with E-state index in [1.165, 1.54) is 96.3 Å². The van der Waals surface area contributed by atoms with Crippen molar-refractivity contribution < 1.29 is 9.90 Å². The quantitative estimate of drug-likeness (QED) is 0.132. The van der Waals surface area contributed by atoms with E-state index in [-0.39, 0.29) is 0 Å². The lowest BCUT2D eigenvalue weighted by Gasteiger charge is -2.01. The molecule has 2 nitrogen and oxygen atoms in total. The molecule has 0 aliphatic rings. The van der Waals surface area contributed by atoms with Crippen LogP contribution < -0.4 is 0 Å². The van der Waals surface area contributed by atoms with Crippen LogP contribution in [0.25, 0.3) is 0 Å². The molecule has 2 heteroatoms. The number of carbonyl (C=O) groups is 1. The third-order valence-corrected chi connectivity index (χ3v) is 5.53. The van der Waals surface area contributed by atoms with Gasteiger partial charge in [0.15, 0.2) is 0 Å².